The maximum absolute atomic E-state index is 5.93. The highest BCUT2D eigenvalue weighted by atomic mass is 32.1. The van der Waals surface area contributed by atoms with Crippen LogP contribution in [0.5, 0.6) is 0 Å². The number of aryl methyl sites for hydroxylation is 1. The Morgan fingerprint density at radius 2 is 2.50 bits per heavy atom. The van der Waals surface area contributed by atoms with Gasteiger partial charge in [-0.25, -0.2) is 4.98 Å². The van der Waals surface area contributed by atoms with Crippen LogP contribution in [0, 0.1) is 12.8 Å². The first-order chi connectivity index (χ1) is 7.66. The van der Waals surface area contributed by atoms with Gasteiger partial charge >= 0.3 is 0 Å². The van der Waals surface area contributed by atoms with Crippen LogP contribution >= 0.6 is 11.3 Å². The number of hydrogen-bond donors (Lipinski definition) is 2. The largest absolute Gasteiger partial charge is 0.379 e. The SMILES string of the molecule is Cc1cnc(C(C)NCC2COCC2N)s1. The van der Waals surface area contributed by atoms with Gasteiger partial charge in [0.05, 0.1) is 19.3 Å². The Bertz CT molecular complexity index is 342. The monoisotopic (exact) mass is 241 g/mol. The van der Waals surface area contributed by atoms with E-state index in [4.69, 9.17) is 10.5 Å². The van der Waals surface area contributed by atoms with Crippen LogP contribution in [0.15, 0.2) is 6.20 Å². The van der Waals surface area contributed by atoms with Crippen LogP contribution in [-0.4, -0.2) is 30.8 Å². The number of nitrogens with two attached hydrogens (primary N) is 1. The summed E-state index contributed by atoms with van der Waals surface area (Å²) < 4.78 is 5.33. The number of hydrogen-bond acceptors (Lipinski definition) is 5. The second-order valence-electron chi connectivity index (χ2n) is 4.40. The van der Waals surface area contributed by atoms with Gasteiger partial charge in [0.1, 0.15) is 5.01 Å². The molecule has 1 fully saturated rings. The van der Waals surface area contributed by atoms with E-state index in [1.807, 2.05) is 6.20 Å². The van der Waals surface area contributed by atoms with Gasteiger partial charge in [0.25, 0.3) is 0 Å². The molecular formula is C11H19N3OS. The third kappa shape index (κ3) is 2.79. The van der Waals surface area contributed by atoms with Crippen molar-refractivity contribution in [2.24, 2.45) is 11.7 Å². The van der Waals surface area contributed by atoms with Gasteiger partial charge in [-0.15, -0.1) is 11.3 Å². The van der Waals surface area contributed by atoms with E-state index in [2.05, 4.69) is 24.1 Å². The van der Waals surface area contributed by atoms with E-state index in [1.54, 1.807) is 11.3 Å². The quantitative estimate of drug-likeness (QED) is 0.828. The normalized spacial score (nSPS) is 27.2. The number of nitrogens with zero attached hydrogens (tertiary/aromatic N) is 1. The van der Waals surface area contributed by atoms with Crippen LogP contribution in [0.4, 0.5) is 0 Å². The smallest absolute Gasteiger partial charge is 0.109 e. The third-order valence-electron chi connectivity index (χ3n) is 2.94. The van der Waals surface area contributed by atoms with Gasteiger partial charge in [-0.3, -0.25) is 0 Å². The van der Waals surface area contributed by atoms with Gasteiger partial charge in [-0.2, -0.15) is 0 Å². The average Bonchev–Trinajstić information content (AvgIpc) is 2.84. The van der Waals surface area contributed by atoms with Crippen LogP contribution < -0.4 is 11.1 Å². The summed E-state index contributed by atoms with van der Waals surface area (Å²) in [6, 6.07) is 0.476. The Balaban J connectivity index is 1.81. The summed E-state index contributed by atoms with van der Waals surface area (Å²) in [5, 5.41) is 4.62. The van der Waals surface area contributed by atoms with Gasteiger partial charge in [0.2, 0.25) is 0 Å². The molecule has 2 heterocycles. The molecule has 0 saturated carbocycles. The molecule has 0 radical (unpaired) electrons. The third-order valence-corrected chi connectivity index (χ3v) is 4.04. The Morgan fingerprint density at radius 3 is 3.06 bits per heavy atom. The molecule has 1 aliphatic rings. The van der Waals surface area contributed by atoms with Crippen molar-refractivity contribution in [2.45, 2.75) is 25.9 Å². The first kappa shape index (κ1) is 12.0. The minimum Gasteiger partial charge on any atom is -0.379 e. The molecule has 1 saturated heterocycles. The molecule has 1 aliphatic heterocycles. The molecule has 16 heavy (non-hydrogen) atoms. The summed E-state index contributed by atoms with van der Waals surface area (Å²) >= 11 is 1.74. The van der Waals surface area contributed by atoms with E-state index in [1.165, 1.54) is 4.88 Å². The topological polar surface area (TPSA) is 60.2 Å². The molecule has 0 bridgehead atoms. The van der Waals surface area contributed by atoms with Crippen molar-refractivity contribution in [1.82, 2.24) is 10.3 Å². The molecule has 2 rings (SSSR count). The Hall–Kier alpha value is -0.490. The Morgan fingerprint density at radius 1 is 1.69 bits per heavy atom. The molecule has 1 aromatic heterocycles. The lowest BCUT2D eigenvalue weighted by Gasteiger charge is -2.17. The van der Waals surface area contributed by atoms with Crippen LogP contribution in [0.3, 0.4) is 0 Å². The van der Waals surface area contributed by atoms with Gasteiger partial charge in [0.15, 0.2) is 0 Å². The van der Waals surface area contributed by atoms with Crippen molar-refractivity contribution in [3.8, 4) is 0 Å². The van der Waals surface area contributed by atoms with E-state index in [-0.39, 0.29) is 6.04 Å². The molecule has 5 heteroatoms. The molecule has 90 valence electrons. The number of ether oxygens (including phenoxy) is 1. The van der Waals surface area contributed by atoms with E-state index >= 15 is 0 Å². The highest BCUT2D eigenvalue weighted by molar-refractivity contribution is 7.11. The molecular weight excluding hydrogens is 222 g/mol. The summed E-state index contributed by atoms with van der Waals surface area (Å²) in [5.74, 6) is 0.434. The summed E-state index contributed by atoms with van der Waals surface area (Å²) in [7, 11) is 0. The lowest BCUT2D eigenvalue weighted by molar-refractivity contribution is 0.183. The summed E-state index contributed by atoms with van der Waals surface area (Å²) in [5.41, 5.74) is 5.93. The number of aromatic nitrogens is 1. The van der Waals surface area contributed by atoms with Gasteiger partial charge in [0, 0.05) is 29.6 Å². The first-order valence-corrected chi connectivity index (χ1v) is 6.47. The van der Waals surface area contributed by atoms with Crippen LogP contribution in [0.25, 0.3) is 0 Å². The summed E-state index contributed by atoms with van der Waals surface area (Å²) in [4.78, 5) is 5.63. The van der Waals surface area contributed by atoms with Crippen LogP contribution in [-0.2, 0) is 4.74 Å². The molecule has 0 aliphatic carbocycles. The highest BCUT2D eigenvalue weighted by Crippen LogP contribution is 2.19. The average molecular weight is 241 g/mol. The molecule has 1 aromatic rings. The van der Waals surface area contributed by atoms with Crippen molar-refractivity contribution >= 4 is 11.3 Å². The predicted octanol–water partition coefficient (Wildman–Crippen LogP) is 1.08. The van der Waals surface area contributed by atoms with Gasteiger partial charge in [-0.05, 0) is 13.8 Å². The molecule has 4 nitrogen and oxygen atoms in total. The molecule has 0 spiro atoms. The second kappa shape index (κ2) is 5.23. The van der Waals surface area contributed by atoms with Crippen molar-refractivity contribution in [3.05, 3.63) is 16.1 Å². The Labute approximate surface area is 100 Å². The standard InChI is InChI=1S/C11H19N3OS/c1-7-3-14-11(16-7)8(2)13-4-9-5-15-6-10(9)12/h3,8-10,13H,4-6,12H2,1-2H3. The minimum atomic E-state index is 0.178. The highest BCUT2D eigenvalue weighted by Gasteiger charge is 2.25. The van der Waals surface area contributed by atoms with E-state index in [0.717, 1.165) is 18.2 Å². The molecule has 3 N–H and O–H groups in total. The summed E-state index contributed by atoms with van der Waals surface area (Å²) in [6.45, 7) is 6.59. The molecule has 3 unspecified atom stereocenters. The Kier molecular flexibility index (Phi) is 3.91. The van der Waals surface area contributed by atoms with E-state index in [9.17, 15) is 0 Å². The lowest BCUT2D eigenvalue weighted by atomic mass is 10.0. The van der Waals surface area contributed by atoms with Crippen molar-refractivity contribution < 1.29 is 4.74 Å². The predicted molar refractivity (Wildman–Crippen MR) is 65.6 cm³/mol. The van der Waals surface area contributed by atoms with Gasteiger partial charge < -0.3 is 15.8 Å². The maximum Gasteiger partial charge on any atom is 0.109 e. The van der Waals surface area contributed by atoms with E-state index in [0.29, 0.717) is 18.6 Å². The second-order valence-corrected chi connectivity index (χ2v) is 5.67. The summed E-state index contributed by atoms with van der Waals surface area (Å²) in [6.07, 6.45) is 1.92. The van der Waals surface area contributed by atoms with Crippen LogP contribution in [0.1, 0.15) is 22.9 Å². The number of rotatable bonds is 4. The number of thiazole rings is 1. The molecule has 0 amide bonds. The fourth-order valence-electron chi connectivity index (χ4n) is 1.81. The first-order valence-electron chi connectivity index (χ1n) is 5.66. The van der Waals surface area contributed by atoms with Crippen molar-refractivity contribution in [3.63, 3.8) is 0 Å². The maximum atomic E-state index is 5.93. The zero-order valence-corrected chi connectivity index (χ0v) is 10.6. The van der Waals surface area contributed by atoms with Crippen molar-refractivity contribution in [2.75, 3.05) is 19.8 Å². The van der Waals surface area contributed by atoms with Gasteiger partial charge in [-0.1, -0.05) is 0 Å². The zero-order valence-electron chi connectivity index (χ0n) is 9.77. The number of nitrogens with one attached hydrogen (secondary N) is 1. The minimum absolute atomic E-state index is 0.178. The fourth-order valence-corrected chi connectivity index (χ4v) is 2.61. The molecule has 0 aromatic carbocycles. The lowest BCUT2D eigenvalue weighted by Crippen LogP contribution is -2.36. The van der Waals surface area contributed by atoms with Crippen LogP contribution in [0.2, 0.25) is 0 Å². The van der Waals surface area contributed by atoms with E-state index < -0.39 is 0 Å². The zero-order chi connectivity index (χ0) is 11.5. The fraction of sp³-hybridized carbons (Fsp3) is 0.727. The molecule has 3 atom stereocenters. The van der Waals surface area contributed by atoms with Crippen molar-refractivity contribution in [1.29, 1.82) is 0 Å².